The molecular formula is C24H21N3O3. The average Bonchev–Trinajstić information content (AvgIpc) is 2.77. The van der Waals surface area contributed by atoms with E-state index in [0.717, 1.165) is 33.1 Å². The van der Waals surface area contributed by atoms with Crippen molar-refractivity contribution in [3.05, 3.63) is 77.6 Å². The Morgan fingerprint density at radius 1 is 0.967 bits per heavy atom. The Bertz CT molecular complexity index is 1260. The summed E-state index contributed by atoms with van der Waals surface area (Å²) in [6.45, 7) is 3.47. The number of anilines is 1. The third-order valence-corrected chi connectivity index (χ3v) is 5.03. The van der Waals surface area contributed by atoms with Crippen LogP contribution in [0.1, 0.15) is 28.5 Å². The second-order valence-electron chi connectivity index (χ2n) is 6.93. The number of hydrogen-bond donors (Lipinski definition) is 1. The molecule has 0 bridgehead atoms. The molecule has 0 aliphatic carbocycles. The lowest BCUT2D eigenvalue weighted by molar-refractivity contribution is -0.119. The van der Waals surface area contributed by atoms with Crippen molar-refractivity contribution in [2.45, 2.75) is 20.3 Å². The third-order valence-electron chi connectivity index (χ3n) is 5.03. The molecule has 0 aliphatic rings. The molecule has 0 spiro atoms. The van der Waals surface area contributed by atoms with Gasteiger partial charge in [0.25, 0.3) is 5.91 Å². The summed E-state index contributed by atoms with van der Waals surface area (Å²) in [4.78, 5) is 34.2. The molecule has 2 aromatic carbocycles. The normalized spacial score (nSPS) is 10.9. The molecule has 0 unspecified atom stereocenters. The van der Waals surface area contributed by atoms with Gasteiger partial charge in [-0.2, -0.15) is 0 Å². The number of benzene rings is 2. The van der Waals surface area contributed by atoms with E-state index in [0.29, 0.717) is 17.7 Å². The lowest BCUT2D eigenvalue weighted by Crippen LogP contribution is -2.22. The first-order chi connectivity index (χ1) is 14.6. The highest BCUT2D eigenvalue weighted by molar-refractivity contribution is 6.06. The largest absolute Gasteiger partial charge is 0.452 e. The van der Waals surface area contributed by atoms with Gasteiger partial charge in [-0.15, -0.1) is 0 Å². The van der Waals surface area contributed by atoms with Gasteiger partial charge in [0.15, 0.2) is 6.61 Å². The average molecular weight is 399 g/mol. The number of hydrogen-bond acceptors (Lipinski definition) is 5. The minimum absolute atomic E-state index is 0.382. The molecule has 4 aromatic rings. The maximum atomic E-state index is 12.9. The summed E-state index contributed by atoms with van der Waals surface area (Å²) < 4.78 is 5.37. The van der Waals surface area contributed by atoms with Crippen molar-refractivity contribution in [2.75, 3.05) is 11.9 Å². The number of carbonyl (C=O) groups excluding carboxylic acids is 2. The van der Waals surface area contributed by atoms with Gasteiger partial charge in [0.2, 0.25) is 0 Å². The van der Waals surface area contributed by atoms with Crippen molar-refractivity contribution in [3.63, 3.8) is 0 Å². The number of rotatable bonds is 5. The fourth-order valence-corrected chi connectivity index (χ4v) is 3.57. The van der Waals surface area contributed by atoms with Crippen LogP contribution in [0.15, 0.2) is 60.8 Å². The third kappa shape index (κ3) is 3.72. The molecule has 6 heteroatoms. The molecule has 0 atom stereocenters. The Hall–Kier alpha value is -3.80. The summed E-state index contributed by atoms with van der Waals surface area (Å²) in [5.74, 6) is -0.943. The van der Waals surface area contributed by atoms with Gasteiger partial charge in [0.05, 0.1) is 22.3 Å². The number of aryl methyl sites for hydroxylation is 1. The molecule has 1 N–H and O–H groups in total. The van der Waals surface area contributed by atoms with E-state index >= 15 is 0 Å². The van der Waals surface area contributed by atoms with Gasteiger partial charge >= 0.3 is 5.97 Å². The standard InChI is InChI=1S/C24H21N3O3/c1-3-18-15(2)23(17-8-4-5-10-21(17)26-18)24(29)30-14-22(28)27-20-12-6-11-19-16(20)9-7-13-25-19/h4-13H,3,14H2,1-2H3,(H,27,28). The molecule has 0 radical (unpaired) electrons. The Balaban J connectivity index is 1.54. The molecule has 2 aromatic heterocycles. The number of pyridine rings is 2. The van der Waals surface area contributed by atoms with E-state index in [-0.39, 0.29) is 6.61 Å². The van der Waals surface area contributed by atoms with Crippen LogP contribution >= 0.6 is 0 Å². The number of nitrogens with one attached hydrogen (secondary N) is 1. The zero-order valence-corrected chi connectivity index (χ0v) is 16.8. The lowest BCUT2D eigenvalue weighted by Gasteiger charge is -2.13. The number of carbonyl (C=O) groups is 2. The van der Waals surface area contributed by atoms with Crippen molar-refractivity contribution in [3.8, 4) is 0 Å². The monoisotopic (exact) mass is 399 g/mol. The topological polar surface area (TPSA) is 81.2 Å². The fourth-order valence-electron chi connectivity index (χ4n) is 3.57. The van der Waals surface area contributed by atoms with Crippen LogP contribution < -0.4 is 5.32 Å². The summed E-state index contributed by atoms with van der Waals surface area (Å²) in [5.41, 5.74) is 4.22. The van der Waals surface area contributed by atoms with E-state index < -0.39 is 11.9 Å². The molecule has 6 nitrogen and oxygen atoms in total. The molecule has 30 heavy (non-hydrogen) atoms. The Morgan fingerprint density at radius 2 is 1.73 bits per heavy atom. The van der Waals surface area contributed by atoms with Crippen LogP contribution in [0, 0.1) is 6.92 Å². The van der Waals surface area contributed by atoms with Crippen molar-refractivity contribution < 1.29 is 14.3 Å². The zero-order valence-electron chi connectivity index (χ0n) is 16.8. The number of fused-ring (bicyclic) bond motifs is 2. The quantitative estimate of drug-likeness (QED) is 0.502. The fraction of sp³-hybridized carbons (Fsp3) is 0.167. The van der Waals surface area contributed by atoms with Crippen LogP contribution in [0.5, 0.6) is 0 Å². The Labute approximate surface area is 173 Å². The maximum Gasteiger partial charge on any atom is 0.339 e. The van der Waals surface area contributed by atoms with E-state index in [2.05, 4.69) is 15.3 Å². The molecule has 2 heterocycles. The molecule has 150 valence electrons. The van der Waals surface area contributed by atoms with Crippen LogP contribution in [0.25, 0.3) is 21.8 Å². The van der Waals surface area contributed by atoms with Gasteiger partial charge < -0.3 is 10.1 Å². The van der Waals surface area contributed by atoms with Crippen LogP contribution in [0.3, 0.4) is 0 Å². The van der Waals surface area contributed by atoms with Crippen LogP contribution in [0.2, 0.25) is 0 Å². The van der Waals surface area contributed by atoms with Gasteiger partial charge in [0.1, 0.15) is 0 Å². The zero-order chi connectivity index (χ0) is 21.1. The van der Waals surface area contributed by atoms with Crippen molar-refractivity contribution >= 4 is 39.4 Å². The van der Waals surface area contributed by atoms with Gasteiger partial charge in [0, 0.05) is 22.7 Å². The van der Waals surface area contributed by atoms with E-state index in [4.69, 9.17) is 4.74 Å². The minimum Gasteiger partial charge on any atom is -0.452 e. The second kappa shape index (κ2) is 8.29. The van der Waals surface area contributed by atoms with E-state index in [1.54, 1.807) is 18.3 Å². The number of aromatic nitrogens is 2. The van der Waals surface area contributed by atoms with Crippen molar-refractivity contribution in [2.24, 2.45) is 0 Å². The van der Waals surface area contributed by atoms with E-state index in [1.165, 1.54) is 0 Å². The first kappa shape index (κ1) is 19.5. The lowest BCUT2D eigenvalue weighted by atomic mass is 10.0. The van der Waals surface area contributed by atoms with E-state index in [1.807, 2.05) is 56.3 Å². The van der Waals surface area contributed by atoms with Gasteiger partial charge in [-0.05, 0) is 49.2 Å². The van der Waals surface area contributed by atoms with Crippen LogP contribution in [-0.4, -0.2) is 28.5 Å². The first-order valence-electron chi connectivity index (χ1n) is 9.77. The summed E-state index contributed by atoms with van der Waals surface area (Å²) >= 11 is 0. The predicted octanol–water partition coefficient (Wildman–Crippen LogP) is 4.45. The highest BCUT2D eigenvalue weighted by Gasteiger charge is 2.19. The van der Waals surface area contributed by atoms with Gasteiger partial charge in [-0.3, -0.25) is 14.8 Å². The van der Waals surface area contributed by atoms with Crippen LogP contribution in [0.4, 0.5) is 5.69 Å². The first-order valence-corrected chi connectivity index (χ1v) is 9.77. The molecule has 0 saturated carbocycles. The van der Waals surface area contributed by atoms with Crippen molar-refractivity contribution in [1.29, 1.82) is 0 Å². The Morgan fingerprint density at radius 3 is 2.57 bits per heavy atom. The summed E-state index contributed by atoms with van der Waals surface area (Å²) in [6, 6.07) is 16.6. The minimum atomic E-state index is -0.532. The Kier molecular flexibility index (Phi) is 5.39. The van der Waals surface area contributed by atoms with Crippen molar-refractivity contribution in [1.82, 2.24) is 9.97 Å². The molecule has 0 aliphatic heterocycles. The molecule has 1 amide bonds. The molecule has 4 rings (SSSR count). The summed E-state index contributed by atoms with van der Waals surface area (Å²) in [6.07, 6.45) is 2.40. The molecule has 0 fully saturated rings. The number of nitrogens with zero attached hydrogens (tertiary/aromatic N) is 2. The highest BCUT2D eigenvalue weighted by atomic mass is 16.5. The van der Waals surface area contributed by atoms with Crippen LogP contribution in [-0.2, 0) is 16.0 Å². The molecule has 0 saturated heterocycles. The van der Waals surface area contributed by atoms with Gasteiger partial charge in [-0.25, -0.2) is 4.79 Å². The second-order valence-corrected chi connectivity index (χ2v) is 6.93. The van der Waals surface area contributed by atoms with E-state index in [9.17, 15) is 9.59 Å². The smallest absolute Gasteiger partial charge is 0.339 e. The number of para-hydroxylation sites is 1. The predicted molar refractivity (Wildman–Crippen MR) is 117 cm³/mol. The maximum absolute atomic E-state index is 12.9. The van der Waals surface area contributed by atoms with Gasteiger partial charge in [-0.1, -0.05) is 31.2 Å². The highest BCUT2D eigenvalue weighted by Crippen LogP contribution is 2.25. The number of esters is 1. The number of ether oxygens (including phenoxy) is 1. The molecular weight excluding hydrogens is 378 g/mol. The summed E-state index contributed by atoms with van der Waals surface area (Å²) in [5, 5.41) is 4.34. The summed E-state index contributed by atoms with van der Waals surface area (Å²) in [7, 11) is 0. The SMILES string of the molecule is CCc1nc2ccccc2c(C(=O)OCC(=O)Nc2cccc3ncccc23)c1C. The number of amides is 1.